The van der Waals surface area contributed by atoms with Crippen LogP contribution in [0, 0.1) is 0 Å². The molecular formula is C21H35IN4O3. The van der Waals surface area contributed by atoms with Crippen LogP contribution in [0.4, 0.5) is 0 Å². The second kappa shape index (κ2) is 15.4. The number of hydrogen-bond acceptors (Lipinski definition) is 5. The standard InChI is InChI=1S/C21H34N4O3.HI/c1-3-22-21(23-11-7-10-20(26)28-4-2)24-16-18-8-5-6-9-19(18)17-25-12-14-27-15-13-25;/h5-6,8-9H,3-4,7,10-17H2,1-2H3,(H2,22,23,24);1H. The molecule has 0 unspecified atom stereocenters. The SMILES string of the molecule is CCNC(=NCc1ccccc1CN1CCOCC1)NCCCC(=O)OCC.I. The van der Waals surface area contributed by atoms with Crippen LogP contribution in [0.1, 0.15) is 37.8 Å². The van der Waals surface area contributed by atoms with Crippen molar-refractivity contribution in [3.05, 3.63) is 35.4 Å². The van der Waals surface area contributed by atoms with Crippen LogP contribution in [-0.2, 0) is 27.4 Å². The fraction of sp³-hybridized carbons (Fsp3) is 0.619. The van der Waals surface area contributed by atoms with E-state index < -0.39 is 0 Å². The van der Waals surface area contributed by atoms with Gasteiger partial charge in [-0.15, -0.1) is 24.0 Å². The van der Waals surface area contributed by atoms with Gasteiger partial charge in [-0.2, -0.15) is 0 Å². The van der Waals surface area contributed by atoms with Gasteiger partial charge in [0.25, 0.3) is 0 Å². The van der Waals surface area contributed by atoms with Crippen LogP contribution in [0.3, 0.4) is 0 Å². The highest BCUT2D eigenvalue weighted by atomic mass is 127. The molecule has 8 heteroatoms. The highest BCUT2D eigenvalue weighted by Crippen LogP contribution is 2.14. The first kappa shape index (κ1) is 25.6. The summed E-state index contributed by atoms with van der Waals surface area (Å²) in [7, 11) is 0. The third-order valence-corrected chi connectivity index (χ3v) is 4.52. The molecular weight excluding hydrogens is 483 g/mol. The first-order valence-corrected chi connectivity index (χ1v) is 10.3. The Morgan fingerprint density at radius 3 is 2.59 bits per heavy atom. The highest BCUT2D eigenvalue weighted by molar-refractivity contribution is 14.0. The van der Waals surface area contributed by atoms with Crippen molar-refractivity contribution in [1.29, 1.82) is 0 Å². The van der Waals surface area contributed by atoms with E-state index in [4.69, 9.17) is 14.5 Å². The number of nitrogens with one attached hydrogen (secondary N) is 2. The molecule has 1 saturated heterocycles. The molecule has 0 atom stereocenters. The zero-order valence-electron chi connectivity index (χ0n) is 17.6. The van der Waals surface area contributed by atoms with Crippen LogP contribution in [0.25, 0.3) is 0 Å². The summed E-state index contributed by atoms with van der Waals surface area (Å²) in [4.78, 5) is 18.6. The Balaban J connectivity index is 0.00000420. The van der Waals surface area contributed by atoms with E-state index in [1.807, 2.05) is 13.8 Å². The van der Waals surface area contributed by atoms with Crippen LogP contribution in [-0.4, -0.2) is 62.8 Å². The largest absolute Gasteiger partial charge is 0.466 e. The van der Waals surface area contributed by atoms with Crippen molar-refractivity contribution in [2.75, 3.05) is 46.0 Å². The van der Waals surface area contributed by atoms with Gasteiger partial charge in [-0.05, 0) is 31.4 Å². The van der Waals surface area contributed by atoms with Crippen molar-refractivity contribution in [1.82, 2.24) is 15.5 Å². The van der Waals surface area contributed by atoms with Gasteiger partial charge >= 0.3 is 5.97 Å². The van der Waals surface area contributed by atoms with Gasteiger partial charge in [0.15, 0.2) is 5.96 Å². The molecule has 0 saturated carbocycles. The minimum Gasteiger partial charge on any atom is -0.466 e. The molecule has 0 amide bonds. The monoisotopic (exact) mass is 518 g/mol. The number of rotatable bonds is 10. The van der Waals surface area contributed by atoms with Crippen LogP contribution < -0.4 is 10.6 Å². The second-order valence-corrected chi connectivity index (χ2v) is 6.69. The molecule has 0 spiro atoms. The summed E-state index contributed by atoms with van der Waals surface area (Å²) in [6.07, 6.45) is 1.14. The van der Waals surface area contributed by atoms with Crippen molar-refractivity contribution in [2.24, 2.45) is 4.99 Å². The molecule has 29 heavy (non-hydrogen) atoms. The summed E-state index contributed by atoms with van der Waals surface area (Å²) in [5.74, 6) is 0.621. The molecule has 0 aliphatic carbocycles. The highest BCUT2D eigenvalue weighted by Gasteiger charge is 2.12. The Hall–Kier alpha value is -1.39. The van der Waals surface area contributed by atoms with Gasteiger partial charge in [0.05, 0.1) is 26.4 Å². The van der Waals surface area contributed by atoms with Gasteiger partial charge in [-0.25, -0.2) is 4.99 Å². The van der Waals surface area contributed by atoms with Gasteiger partial charge in [0.2, 0.25) is 0 Å². The number of halogens is 1. The summed E-state index contributed by atoms with van der Waals surface area (Å²) in [5.41, 5.74) is 2.55. The number of carbonyl (C=O) groups is 1. The number of morpholine rings is 1. The molecule has 1 aliphatic heterocycles. The number of esters is 1. The minimum atomic E-state index is -0.150. The van der Waals surface area contributed by atoms with E-state index in [9.17, 15) is 4.79 Å². The van der Waals surface area contributed by atoms with Gasteiger partial charge in [0, 0.05) is 39.1 Å². The average molecular weight is 518 g/mol. The van der Waals surface area contributed by atoms with E-state index in [0.717, 1.165) is 51.8 Å². The molecule has 1 heterocycles. The van der Waals surface area contributed by atoms with E-state index >= 15 is 0 Å². The maximum absolute atomic E-state index is 11.4. The number of ether oxygens (including phenoxy) is 2. The van der Waals surface area contributed by atoms with Crippen LogP contribution in [0.15, 0.2) is 29.3 Å². The predicted octanol–water partition coefficient (Wildman–Crippen LogP) is 2.54. The number of carbonyl (C=O) groups excluding carboxylic acids is 1. The van der Waals surface area contributed by atoms with E-state index in [1.54, 1.807) is 0 Å². The lowest BCUT2D eigenvalue weighted by molar-refractivity contribution is -0.143. The van der Waals surface area contributed by atoms with Crippen molar-refractivity contribution in [3.8, 4) is 0 Å². The fourth-order valence-corrected chi connectivity index (χ4v) is 3.04. The molecule has 1 aromatic carbocycles. The molecule has 7 nitrogen and oxygen atoms in total. The Kier molecular flexibility index (Phi) is 13.7. The summed E-state index contributed by atoms with van der Waals surface area (Å²) in [6, 6.07) is 8.47. The van der Waals surface area contributed by atoms with Crippen LogP contribution >= 0.6 is 24.0 Å². The molecule has 1 aliphatic rings. The molecule has 164 valence electrons. The number of hydrogen-bond donors (Lipinski definition) is 2. The fourth-order valence-electron chi connectivity index (χ4n) is 3.04. The quantitative estimate of drug-likeness (QED) is 0.163. The van der Waals surface area contributed by atoms with Crippen molar-refractivity contribution < 1.29 is 14.3 Å². The topological polar surface area (TPSA) is 75.2 Å². The Bertz CT molecular complexity index is 622. The molecule has 2 rings (SSSR count). The Morgan fingerprint density at radius 1 is 1.17 bits per heavy atom. The normalized spacial score (nSPS) is 14.8. The summed E-state index contributed by atoms with van der Waals surface area (Å²) in [5, 5.41) is 6.56. The first-order chi connectivity index (χ1) is 13.7. The summed E-state index contributed by atoms with van der Waals surface area (Å²) < 4.78 is 10.4. The van der Waals surface area contributed by atoms with Crippen molar-refractivity contribution in [3.63, 3.8) is 0 Å². The maximum Gasteiger partial charge on any atom is 0.305 e. The van der Waals surface area contributed by atoms with E-state index in [1.165, 1.54) is 11.1 Å². The molecule has 1 fully saturated rings. The zero-order chi connectivity index (χ0) is 20.0. The lowest BCUT2D eigenvalue weighted by atomic mass is 10.1. The number of nitrogens with zero attached hydrogens (tertiary/aromatic N) is 2. The molecule has 0 aromatic heterocycles. The predicted molar refractivity (Wildman–Crippen MR) is 127 cm³/mol. The first-order valence-electron chi connectivity index (χ1n) is 10.3. The van der Waals surface area contributed by atoms with Gasteiger partial charge in [-0.3, -0.25) is 9.69 Å². The molecule has 0 radical (unpaired) electrons. The Labute approximate surface area is 191 Å². The van der Waals surface area contributed by atoms with E-state index in [2.05, 4.69) is 39.8 Å². The third-order valence-electron chi connectivity index (χ3n) is 4.52. The lowest BCUT2D eigenvalue weighted by Gasteiger charge is -2.27. The van der Waals surface area contributed by atoms with E-state index in [-0.39, 0.29) is 29.9 Å². The van der Waals surface area contributed by atoms with Crippen LogP contribution in [0.2, 0.25) is 0 Å². The van der Waals surface area contributed by atoms with Crippen molar-refractivity contribution >= 4 is 35.9 Å². The minimum absolute atomic E-state index is 0. The van der Waals surface area contributed by atoms with Crippen LogP contribution in [0.5, 0.6) is 0 Å². The van der Waals surface area contributed by atoms with E-state index in [0.29, 0.717) is 26.1 Å². The van der Waals surface area contributed by atoms with Gasteiger partial charge in [-0.1, -0.05) is 24.3 Å². The van der Waals surface area contributed by atoms with Gasteiger partial charge in [0.1, 0.15) is 0 Å². The Morgan fingerprint density at radius 2 is 1.90 bits per heavy atom. The summed E-state index contributed by atoms with van der Waals surface area (Å²) in [6.45, 7) is 10.9. The molecule has 0 bridgehead atoms. The third kappa shape index (κ3) is 10.3. The van der Waals surface area contributed by atoms with Gasteiger partial charge < -0.3 is 20.1 Å². The number of aliphatic imine (C=N–C) groups is 1. The zero-order valence-corrected chi connectivity index (χ0v) is 19.9. The smallest absolute Gasteiger partial charge is 0.305 e. The summed E-state index contributed by atoms with van der Waals surface area (Å²) >= 11 is 0. The number of guanidine groups is 1. The molecule has 2 N–H and O–H groups in total. The van der Waals surface area contributed by atoms with Crippen molar-refractivity contribution in [2.45, 2.75) is 39.8 Å². The number of benzene rings is 1. The maximum atomic E-state index is 11.4. The average Bonchev–Trinajstić information content (AvgIpc) is 2.71. The lowest BCUT2D eigenvalue weighted by Crippen LogP contribution is -2.38. The second-order valence-electron chi connectivity index (χ2n) is 6.69. The molecule has 1 aromatic rings.